The van der Waals surface area contributed by atoms with Gasteiger partial charge in [0.05, 0.1) is 11.3 Å². The van der Waals surface area contributed by atoms with Crippen molar-refractivity contribution in [1.29, 1.82) is 0 Å². The molecule has 0 saturated carbocycles. The van der Waals surface area contributed by atoms with Crippen molar-refractivity contribution < 1.29 is 19.2 Å². The number of ether oxygens (including phenoxy) is 1. The van der Waals surface area contributed by atoms with Gasteiger partial charge in [-0.1, -0.05) is 66.7 Å². The van der Waals surface area contributed by atoms with Gasteiger partial charge in [0.2, 0.25) is 0 Å². The van der Waals surface area contributed by atoms with Crippen LogP contribution in [0.4, 0.5) is 11.4 Å². The van der Waals surface area contributed by atoms with Gasteiger partial charge in [-0.2, -0.15) is 0 Å². The average molecular weight is 404 g/mol. The van der Waals surface area contributed by atoms with Crippen molar-refractivity contribution in [3.8, 4) is 11.1 Å². The van der Waals surface area contributed by atoms with Crippen LogP contribution >= 0.6 is 0 Å². The Labute approximate surface area is 173 Å². The van der Waals surface area contributed by atoms with E-state index in [0.29, 0.717) is 5.69 Å². The lowest BCUT2D eigenvalue weighted by molar-refractivity contribution is -0.385. The first-order valence-electron chi connectivity index (χ1n) is 9.33. The first-order chi connectivity index (χ1) is 14.5. The minimum Gasteiger partial charge on any atom is -0.452 e. The van der Waals surface area contributed by atoms with Crippen molar-refractivity contribution >= 4 is 23.3 Å². The first-order valence-corrected chi connectivity index (χ1v) is 9.33. The second kappa shape index (κ2) is 9.47. The lowest BCUT2D eigenvalue weighted by atomic mass is 10.0. The monoisotopic (exact) mass is 404 g/mol. The van der Waals surface area contributed by atoms with Crippen molar-refractivity contribution in [3.63, 3.8) is 0 Å². The Hall–Kier alpha value is -4.00. The Kier molecular flexibility index (Phi) is 6.54. The number of esters is 1. The fourth-order valence-electron chi connectivity index (χ4n) is 2.98. The standard InChI is InChI=1S/C23H20N2O5/c1-16(30-22(26)15-18-11-5-8-14-21(18)25(28)29)23(27)24-20-13-7-6-12-19(20)17-9-3-2-4-10-17/h2-14,16H,15H2,1H3,(H,24,27)/t16-/m0/s1. The first kappa shape index (κ1) is 20.7. The van der Waals surface area contributed by atoms with Crippen LogP contribution < -0.4 is 5.32 Å². The van der Waals surface area contributed by atoms with Crippen molar-refractivity contribution in [2.45, 2.75) is 19.4 Å². The molecule has 0 aliphatic rings. The highest BCUT2D eigenvalue weighted by Crippen LogP contribution is 2.27. The molecule has 7 nitrogen and oxygen atoms in total. The normalized spacial score (nSPS) is 11.4. The number of hydrogen-bond donors (Lipinski definition) is 1. The number of hydrogen-bond acceptors (Lipinski definition) is 5. The molecule has 30 heavy (non-hydrogen) atoms. The Morgan fingerprint density at radius 1 is 0.967 bits per heavy atom. The van der Waals surface area contributed by atoms with E-state index < -0.39 is 22.9 Å². The van der Waals surface area contributed by atoms with Gasteiger partial charge in [-0.3, -0.25) is 19.7 Å². The van der Waals surface area contributed by atoms with Crippen molar-refractivity contribution in [1.82, 2.24) is 0 Å². The van der Waals surface area contributed by atoms with Crippen LogP contribution in [0.5, 0.6) is 0 Å². The number of para-hydroxylation sites is 2. The number of rotatable bonds is 7. The number of carbonyl (C=O) groups excluding carboxylic acids is 2. The van der Waals surface area contributed by atoms with E-state index in [1.165, 1.54) is 25.1 Å². The van der Waals surface area contributed by atoms with E-state index >= 15 is 0 Å². The molecule has 7 heteroatoms. The number of amides is 1. The maximum Gasteiger partial charge on any atom is 0.311 e. The molecular formula is C23H20N2O5. The van der Waals surface area contributed by atoms with Gasteiger partial charge in [0, 0.05) is 22.9 Å². The number of nitro benzene ring substituents is 1. The summed E-state index contributed by atoms with van der Waals surface area (Å²) in [5, 5.41) is 13.9. The summed E-state index contributed by atoms with van der Waals surface area (Å²) in [7, 11) is 0. The van der Waals surface area contributed by atoms with E-state index in [9.17, 15) is 19.7 Å². The van der Waals surface area contributed by atoms with Gasteiger partial charge < -0.3 is 10.1 Å². The molecule has 0 unspecified atom stereocenters. The average Bonchev–Trinajstić information content (AvgIpc) is 2.75. The molecule has 1 atom stereocenters. The third kappa shape index (κ3) is 5.08. The maximum absolute atomic E-state index is 12.6. The SMILES string of the molecule is C[C@H](OC(=O)Cc1ccccc1[N+](=O)[O-])C(=O)Nc1ccccc1-c1ccccc1. The summed E-state index contributed by atoms with van der Waals surface area (Å²) >= 11 is 0. The van der Waals surface area contributed by atoms with Crippen LogP contribution in [0.1, 0.15) is 12.5 Å². The molecule has 0 aromatic heterocycles. The fourth-order valence-corrected chi connectivity index (χ4v) is 2.98. The molecular weight excluding hydrogens is 384 g/mol. The van der Waals surface area contributed by atoms with E-state index in [1.54, 1.807) is 18.2 Å². The number of carbonyl (C=O) groups is 2. The molecule has 0 spiro atoms. The largest absolute Gasteiger partial charge is 0.452 e. The highest BCUT2D eigenvalue weighted by molar-refractivity contribution is 5.98. The summed E-state index contributed by atoms with van der Waals surface area (Å²) in [6, 6.07) is 22.8. The van der Waals surface area contributed by atoms with E-state index in [-0.39, 0.29) is 17.7 Å². The summed E-state index contributed by atoms with van der Waals surface area (Å²) in [5.74, 6) is -1.21. The fraction of sp³-hybridized carbons (Fsp3) is 0.130. The summed E-state index contributed by atoms with van der Waals surface area (Å²) < 4.78 is 5.20. The van der Waals surface area contributed by atoms with Crippen LogP contribution in [0, 0.1) is 10.1 Å². The summed E-state index contributed by atoms with van der Waals surface area (Å²) in [4.78, 5) is 35.3. The van der Waals surface area contributed by atoms with Gasteiger partial charge in [-0.05, 0) is 18.6 Å². The molecule has 3 aromatic carbocycles. The van der Waals surface area contributed by atoms with E-state index in [1.807, 2.05) is 42.5 Å². The topological polar surface area (TPSA) is 98.5 Å². The molecule has 0 radical (unpaired) electrons. The molecule has 152 valence electrons. The van der Waals surface area contributed by atoms with Crippen molar-refractivity contribution in [2.75, 3.05) is 5.32 Å². The minimum absolute atomic E-state index is 0.164. The predicted octanol–water partition coefficient (Wildman–Crippen LogP) is 4.37. The molecule has 0 aliphatic heterocycles. The number of nitrogens with zero attached hydrogens (tertiary/aromatic N) is 1. The Morgan fingerprint density at radius 3 is 2.33 bits per heavy atom. The summed E-state index contributed by atoms with van der Waals surface area (Å²) in [6.45, 7) is 1.46. The number of nitro groups is 1. The zero-order chi connectivity index (χ0) is 21.5. The molecule has 0 saturated heterocycles. The molecule has 3 rings (SSSR count). The molecule has 0 aliphatic carbocycles. The van der Waals surface area contributed by atoms with Gasteiger partial charge in [0.1, 0.15) is 0 Å². The third-order valence-electron chi connectivity index (χ3n) is 4.47. The summed E-state index contributed by atoms with van der Waals surface area (Å²) in [5.41, 5.74) is 2.44. The zero-order valence-electron chi connectivity index (χ0n) is 16.3. The van der Waals surface area contributed by atoms with Gasteiger partial charge in [-0.25, -0.2) is 0 Å². The Morgan fingerprint density at radius 2 is 1.60 bits per heavy atom. The van der Waals surface area contributed by atoms with Crippen LogP contribution in [0.3, 0.4) is 0 Å². The van der Waals surface area contributed by atoms with E-state index in [2.05, 4.69) is 5.32 Å². The number of nitrogens with one attached hydrogen (secondary N) is 1. The molecule has 1 N–H and O–H groups in total. The quantitative estimate of drug-likeness (QED) is 0.358. The zero-order valence-corrected chi connectivity index (χ0v) is 16.3. The molecule has 1 amide bonds. The highest BCUT2D eigenvalue weighted by Gasteiger charge is 2.22. The van der Waals surface area contributed by atoms with E-state index in [4.69, 9.17) is 4.74 Å². The molecule has 0 bridgehead atoms. The molecule has 0 heterocycles. The van der Waals surface area contributed by atoms with Crippen LogP contribution in [-0.2, 0) is 20.7 Å². The molecule has 3 aromatic rings. The maximum atomic E-state index is 12.6. The van der Waals surface area contributed by atoms with Gasteiger partial charge in [-0.15, -0.1) is 0 Å². The number of benzene rings is 3. The van der Waals surface area contributed by atoms with Gasteiger partial charge in [0.15, 0.2) is 6.10 Å². The summed E-state index contributed by atoms with van der Waals surface area (Å²) in [6.07, 6.45) is -1.36. The Bertz CT molecular complexity index is 1070. The van der Waals surface area contributed by atoms with Crippen LogP contribution in [0.15, 0.2) is 78.9 Å². The van der Waals surface area contributed by atoms with E-state index in [0.717, 1.165) is 11.1 Å². The lowest BCUT2D eigenvalue weighted by Gasteiger charge is -2.16. The van der Waals surface area contributed by atoms with Crippen LogP contribution in [0.2, 0.25) is 0 Å². The molecule has 0 fully saturated rings. The number of anilines is 1. The van der Waals surface area contributed by atoms with Crippen LogP contribution in [-0.4, -0.2) is 22.9 Å². The second-order valence-corrected chi connectivity index (χ2v) is 6.60. The van der Waals surface area contributed by atoms with Crippen molar-refractivity contribution in [3.05, 3.63) is 94.5 Å². The van der Waals surface area contributed by atoms with Gasteiger partial charge >= 0.3 is 5.97 Å². The predicted molar refractivity (Wildman–Crippen MR) is 113 cm³/mol. The smallest absolute Gasteiger partial charge is 0.311 e. The Balaban J connectivity index is 1.66. The minimum atomic E-state index is -1.07. The van der Waals surface area contributed by atoms with Crippen molar-refractivity contribution in [2.24, 2.45) is 0 Å². The third-order valence-corrected chi connectivity index (χ3v) is 4.47. The lowest BCUT2D eigenvalue weighted by Crippen LogP contribution is -2.30. The van der Waals surface area contributed by atoms with Crippen LogP contribution in [0.25, 0.3) is 11.1 Å². The second-order valence-electron chi connectivity index (χ2n) is 6.60. The van der Waals surface area contributed by atoms with Gasteiger partial charge in [0.25, 0.3) is 11.6 Å². The highest BCUT2D eigenvalue weighted by atomic mass is 16.6.